The van der Waals surface area contributed by atoms with Gasteiger partial charge in [0.25, 0.3) is 0 Å². The number of nitrogens with zero attached hydrogens (tertiary/aromatic N) is 4. The Balaban J connectivity index is 3.22. The molecule has 0 saturated heterocycles. The summed E-state index contributed by atoms with van der Waals surface area (Å²) in [6, 6.07) is 0. The number of hydrazone groups is 1. The van der Waals surface area contributed by atoms with Crippen LogP contribution >= 0.6 is 0 Å². The van der Waals surface area contributed by atoms with E-state index in [2.05, 4.69) is 42.6 Å². The second-order valence-electron chi connectivity index (χ2n) is 4.60. The minimum Gasteiger partial charge on any atom is -0.251 e. The summed E-state index contributed by atoms with van der Waals surface area (Å²) in [6.45, 7) is 11.9. The van der Waals surface area contributed by atoms with Crippen LogP contribution in [0.2, 0.25) is 0 Å². The molecule has 0 amide bonds. The molecule has 0 bridgehead atoms. The van der Waals surface area contributed by atoms with Gasteiger partial charge in [0.1, 0.15) is 5.82 Å². The first-order chi connectivity index (χ1) is 7.42. The lowest BCUT2D eigenvalue weighted by atomic mass is 9.89. The van der Waals surface area contributed by atoms with Crippen LogP contribution in [0.5, 0.6) is 0 Å². The van der Waals surface area contributed by atoms with E-state index in [4.69, 9.17) is 0 Å². The van der Waals surface area contributed by atoms with E-state index < -0.39 is 0 Å². The van der Waals surface area contributed by atoms with Gasteiger partial charge in [0.15, 0.2) is 5.82 Å². The van der Waals surface area contributed by atoms with Gasteiger partial charge in [-0.1, -0.05) is 20.8 Å². The highest BCUT2D eigenvalue weighted by atomic mass is 15.5. The Labute approximate surface area is 97.4 Å². The minimum absolute atomic E-state index is 0.00946. The summed E-state index contributed by atoms with van der Waals surface area (Å²) in [7, 11) is 1.84. The van der Waals surface area contributed by atoms with Crippen LogP contribution in [0, 0.1) is 6.92 Å². The quantitative estimate of drug-likeness (QED) is 0.578. The topological polar surface area (TPSA) is 41.4 Å². The third kappa shape index (κ3) is 2.38. The Morgan fingerprint density at radius 2 is 2.12 bits per heavy atom. The number of aromatic nitrogens is 2. The third-order valence-electron chi connectivity index (χ3n) is 2.95. The molecule has 0 unspecified atom stereocenters. The molecule has 0 saturated carbocycles. The number of hydrogen-bond donors (Lipinski definition) is 0. The molecule has 0 N–H and O–H groups in total. The molecule has 0 radical (unpaired) electrons. The number of rotatable bonds is 4. The summed E-state index contributed by atoms with van der Waals surface area (Å²) in [5, 5.41) is 5.53. The van der Waals surface area contributed by atoms with E-state index in [9.17, 15) is 0 Å². The molecule has 0 fully saturated rings. The van der Waals surface area contributed by atoms with E-state index >= 15 is 0 Å². The Bertz CT molecular complexity index is 385. The van der Waals surface area contributed by atoms with Gasteiger partial charge in [-0.3, -0.25) is 5.01 Å². The monoisotopic (exact) mass is 220 g/mol. The normalized spacial score (nSPS) is 11.3. The molecular formula is C12H20N4. The molecule has 1 aromatic heterocycles. The lowest BCUT2D eigenvalue weighted by molar-refractivity contribution is 0.472. The van der Waals surface area contributed by atoms with Crippen LogP contribution in [0.3, 0.4) is 0 Å². The zero-order valence-electron chi connectivity index (χ0n) is 10.8. The van der Waals surface area contributed by atoms with Crippen molar-refractivity contribution in [3.63, 3.8) is 0 Å². The minimum atomic E-state index is -0.00946. The summed E-state index contributed by atoms with van der Waals surface area (Å²) >= 11 is 0. The van der Waals surface area contributed by atoms with Crippen LogP contribution in [0.25, 0.3) is 0 Å². The van der Waals surface area contributed by atoms with Crippen molar-refractivity contribution >= 4 is 12.5 Å². The summed E-state index contributed by atoms with van der Waals surface area (Å²) in [5.41, 5.74) is 0.996. The highest BCUT2D eigenvalue weighted by Gasteiger charge is 2.22. The molecule has 0 aliphatic rings. The molecule has 0 atom stereocenters. The SMILES string of the molecule is C=NN(C)c1nc(C(C)(C)CC)ncc1C. The number of hydrogen-bond acceptors (Lipinski definition) is 4. The molecule has 0 aliphatic carbocycles. The van der Waals surface area contributed by atoms with E-state index in [0.717, 1.165) is 23.6 Å². The van der Waals surface area contributed by atoms with Gasteiger partial charge in [0, 0.05) is 30.9 Å². The molecule has 0 aromatic carbocycles. The fraction of sp³-hybridized carbons (Fsp3) is 0.583. The largest absolute Gasteiger partial charge is 0.251 e. The summed E-state index contributed by atoms with van der Waals surface area (Å²) in [5.74, 6) is 1.67. The van der Waals surface area contributed by atoms with Gasteiger partial charge >= 0.3 is 0 Å². The molecule has 1 aromatic rings. The van der Waals surface area contributed by atoms with E-state index in [1.807, 2.05) is 20.2 Å². The molecule has 4 heteroatoms. The van der Waals surface area contributed by atoms with Gasteiger partial charge in [0.05, 0.1) is 0 Å². The van der Waals surface area contributed by atoms with E-state index in [0.29, 0.717) is 0 Å². The van der Waals surface area contributed by atoms with Crippen LogP contribution in [-0.4, -0.2) is 23.7 Å². The van der Waals surface area contributed by atoms with Crippen LogP contribution in [0.15, 0.2) is 11.3 Å². The number of anilines is 1. The first kappa shape index (κ1) is 12.6. The predicted octanol–water partition coefficient (Wildman–Crippen LogP) is 2.52. The first-order valence-electron chi connectivity index (χ1n) is 5.47. The molecule has 1 heterocycles. The Kier molecular flexibility index (Phi) is 3.62. The molecule has 4 nitrogen and oxygen atoms in total. The fourth-order valence-electron chi connectivity index (χ4n) is 1.31. The molecular weight excluding hydrogens is 200 g/mol. The van der Waals surface area contributed by atoms with Crippen molar-refractivity contribution in [2.24, 2.45) is 5.10 Å². The Hall–Kier alpha value is -1.45. The third-order valence-corrected chi connectivity index (χ3v) is 2.95. The summed E-state index contributed by atoms with van der Waals surface area (Å²) in [4.78, 5) is 8.96. The van der Waals surface area contributed by atoms with Gasteiger partial charge in [-0.25, -0.2) is 9.97 Å². The van der Waals surface area contributed by atoms with E-state index in [1.165, 1.54) is 0 Å². The molecule has 1 rings (SSSR count). The second-order valence-corrected chi connectivity index (χ2v) is 4.60. The standard InChI is InChI=1S/C12H20N4/c1-7-12(3,4)11-14-8-9(2)10(15-11)16(6)13-5/h8H,5,7H2,1-4,6H3. The van der Waals surface area contributed by atoms with Crippen molar-refractivity contribution in [3.8, 4) is 0 Å². The Morgan fingerprint density at radius 3 is 2.62 bits per heavy atom. The highest BCUT2D eigenvalue weighted by molar-refractivity contribution is 5.46. The lowest BCUT2D eigenvalue weighted by Crippen LogP contribution is -2.22. The average molecular weight is 220 g/mol. The van der Waals surface area contributed by atoms with Crippen LogP contribution in [0.4, 0.5) is 5.82 Å². The summed E-state index contributed by atoms with van der Waals surface area (Å²) in [6.07, 6.45) is 2.84. The first-order valence-corrected chi connectivity index (χ1v) is 5.47. The van der Waals surface area contributed by atoms with Gasteiger partial charge in [-0.15, -0.1) is 0 Å². The van der Waals surface area contributed by atoms with Gasteiger partial charge < -0.3 is 0 Å². The smallest absolute Gasteiger partial charge is 0.155 e. The van der Waals surface area contributed by atoms with Gasteiger partial charge in [-0.05, 0) is 13.3 Å². The fourth-order valence-corrected chi connectivity index (χ4v) is 1.31. The molecule has 88 valence electrons. The van der Waals surface area contributed by atoms with Crippen LogP contribution < -0.4 is 5.01 Å². The zero-order chi connectivity index (χ0) is 12.3. The number of aryl methyl sites for hydroxylation is 1. The maximum atomic E-state index is 4.57. The predicted molar refractivity (Wildman–Crippen MR) is 68.0 cm³/mol. The Morgan fingerprint density at radius 1 is 1.50 bits per heavy atom. The molecule has 0 spiro atoms. The van der Waals surface area contributed by atoms with Crippen molar-refractivity contribution in [2.45, 2.75) is 39.5 Å². The van der Waals surface area contributed by atoms with Crippen LogP contribution in [-0.2, 0) is 5.41 Å². The van der Waals surface area contributed by atoms with Crippen molar-refractivity contribution in [1.82, 2.24) is 9.97 Å². The van der Waals surface area contributed by atoms with Crippen molar-refractivity contribution < 1.29 is 0 Å². The van der Waals surface area contributed by atoms with Crippen molar-refractivity contribution in [3.05, 3.63) is 17.6 Å². The molecule has 0 aliphatic heterocycles. The zero-order valence-corrected chi connectivity index (χ0v) is 10.8. The van der Waals surface area contributed by atoms with E-state index in [-0.39, 0.29) is 5.41 Å². The van der Waals surface area contributed by atoms with Gasteiger partial charge in [-0.2, -0.15) is 5.10 Å². The van der Waals surface area contributed by atoms with Gasteiger partial charge in [0.2, 0.25) is 0 Å². The average Bonchev–Trinajstić information content (AvgIpc) is 2.28. The summed E-state index contributed by atoms with van der Waals surface area (Å²) < 4.78 is 0. The maximum Gasteiger partial charge on any atom is 0.155 e. The molecule has 16 heavy (non-hydrogen) atoms. The van der Waals surface area contributed by atoms with E-state index in [1.54, 1.807) is 5.01 Å². The lowest BCUT2D eigenvalue weighted by Gasteiger charge is -2.23. The highest BCUT2D eigenvalue weighted by Crippen LogP contribution is 2.26. The van der Waals surface area contributed by atoms with Crippen molar-refractivity contribution in [1.29, 1.82) is 0 Å². The van der Waals surface area contributed by atoms with Crippen LogP contribution in [0.1, 0.15) is 38.6 Å². The maximum absolute atomic E-state index is 4.57. The van der Waals surface area contributed by atoms with Crippen molar-refractivity contribution in [2.75, 3.05) is 12.1 Å². The second kappa shape index (κ2) is 4.60.